The molecule has 2 atom stereocenters. The molecule has 2 amide bonds. The van der Waals surface area contributed by atoms with Crippen LogP contribution in [0.5, 0.6) is 0 Å². The molecule has 0 aromatic heterocycles. The maximum absolute atomic E-state index is 13.8. The average molecular weight is 338 g/mol. The van der Waals surface area contributed by atoms with Crippen molar-refractivity contribution in [3.05, 3.63) is 35.6 Å². The summed E-state index contributed by atoms with van der Waals surface area (Å²) in [5, 5.41) is 11.7. The van der Waals surface area contributed by atoms with E-state index in [-0.39, 0.29) is 31.3 Å². The highest BCUT2D eigenvalue weighted by atomic mass is 19.1. The molecule has 0 heterocycles. The molecular weight excluding hydrogens is 315 g/mol. The Morgan fingerprint density at radius 2 is 1.88 bits per heavy atom. The fourth-order valence-corrected chi connectivity index (χ4v) is 2.38. The molecule has 7 heteroatoms. The highest BCUT2D eigenvalue weighted by Gasteiger charge is 2.27. The molecule has 0 fully saturated rings. The molecule has 1 rings (SSSR count). The first-order valence-corrected chi connectivity index (χ1v) is 7.75. The Hall–Kier alpha value is -2.44. The van der Waals surface area contributed by atoms with Crippen LogP contribution in [-0.4, -0.2) is 46.9 Å². The Labute approximate surface area is 140 Å². The van der Waals surface area contributed by atoms with Gasteiger partial charge >= 0.3 is 5.97 Å². The summed E-state index contributed by atoms with van der Waals surface area (Å²) in [6.07, 6.45) is -0.0153. The number of hydrogen-bond donors (Lipinski definition) is 2. The number of rotatable bonds is 8. The van der Waals surface area contributed by atoms with Crippen molar-refractivity contribution in [1.29, 1.82) is 0 Å². The summed E-state index contributed by atoms with van der Waals surface area (Å²) in [4.78, 5) is 35.8. The first-order chi connectivity index (χ1) is 11.2. The minimum atomic E-state index is -1.13. The molecule has 1 aromatic rings. The average Bonchev–Trinajstić information content (AvgIpc) is 2.50. The van der Waals surface area contributed by atoms with Crippen molar-refractivity contribution in [3.63, 3.8) is 0 Å². The van der Waals surface area contributed by atoms with E-state index in [2.05, 4.69) is 5.32 Å². The van der Waals surface area contributed by atoms with E-state index in [0.29, 0.717) is 5.56 Å². The van der Waals surface area contributed by atoms with Gasteiger partial charge < -0.3 is 15.3 Å². The number of aliphatic carboxylic acids is 1. The van der Waals surface area contributed by atoms with Gasteiger partial charge in [0.15, 0.2) is 0 Å². The molecular formula is C17H23FN2O4. The lowest BCUT2D eigenvalue weighted by molar-refractivity contribution is -0.149. The van der Waals surface area contributed by atoms with Crippen LogP contribution < -0.4 is 5.32 Å². The van der Waals surface area contributed by atoms with Crippen molar-refractivity contribution in [2.45, 2.75) is 39.2 Å². The van der Waals surface area contributed by atoms with Crippen LogP contribution in [0.3, 0.4) is 0 Å². The van der Waals surface area contributed by atoms with Crippen LogP contribution in [0.4, 0.5) is 4.39 Å². The van der Waals surface area contributed by atoms with Crippen LogP contribution in [0.1, 0.15) is 38.7 Å². The van der Waals surface area contributed by atoms with Crippen LogP contribution in [0, 0.1) is 5.82 Å². The Balaban J connectivity index is 2.81. The first-order valence-electron chi connectivity index (χ1n) is 7.75. The number of carboxylic acid groups (broad SMARTS) is 1. The van der Waals surface area contributed by atoms with Gasteiger partial charge in [0.25, 0.3) is 0 Å². The predicted molar refractivity (Wildman–Crippen MR) is 86.9 cm³/mol. The van der Waals surface area contributed by atoms with Crippen molar-refractivity contribution >= 4 is 17.8 Å². The van der Waals surface area contributed by atoms with Gasteiger partial charge in [0.1, 0.15) is 11.9 Å². The summed E-state index contributed by atoms with van der Waals surface area (Å²) in [6.45, 7) is 4.70. The fraction of sp³-hybridized carbons (Fsp3) is 0.471. The highest BCUT2D eigenvalue weighted by Crippen LogP contribution is 2.23. The summed E-state index contributed by atoms with van der Waals surface area (Å²) >= 11 is 0. The van der Waals surface area contributed by atoms with Crippen molar-refractivity contribution in [1.82, 2.24) is 10.2 Å². The van der Waals surface area contributed by atoms with Gasteiger partial charge in [-0.2, -0.15) is 0 Å². The largest absolute Gasteiger partial charge is 0.480 e. The zero-order valence-corrected chi connectivity index (χ0v) is 14.1. The Morgan fingerprint density at radius 1 is 1.25 bits per heavy atom. The molecule has 0 saturated carbocycles. The number of halogens is 1. The van der Waals surface area contributed by atoms with E-state index >= 15 is 0 Å². The number of nitrogens with zero attached hydrogens (tertiary/aromatic N) is 1. The number of carbonyl (C=O) groups excluding carboxylic acids is 2. The molecule has 2 N–H and O–H groups in total. The summed E-state index contributed by atoms with van der Waals surface area (Å²) in [6, 6.07) is 5.16. The molecule has 24 heavy (non-hydrogen) atoms. The van der Waals surface area contributed by atoms with Crippen LogP contribution in [0.2, 0.25) is 0 Å². The third-order valence-electron chi connectivity index (χ3n) is 3.79. The molecule has 6 nitrogen and oxygen atoms in total. The third-order valence-corrected chi connectivity index (χ3v) is 3.79. The van der Waals surface area contributed by atoms with Crippen LogP contribution in [0.15, 0.2) is 24.3 Å². The van der Waals surface area contributed by atoms with Gasteiger partial charge in [-0.15, -0.1) is 0 Å². The van der Waals surface area contributed by atoms with Gasteiger partial charge in [0.05, 0.1) is 0 Å². The number of carbonyl (C=O) groups is 3. The SMILES string of the molecule is CC(=O)NCCN(C(=O)CC(C)c1ccccc1F)C(C)C(=O)O. The summed E-state index contributed by atoms with van der Waals surface area (Å²) in [5.41, 5.74) is 0.413. The van der Waals surface area contributed by atoms with E-state index in [1.165, 1.54) is 24.8 Å². The summed E-state index contributed by atoms with van der Waals surface area (Å²) in [7, 11) is 0. The van der Waals surface area contributed by atoms with E-state index in [9.17, 15) is 18.8 Å². The van der Waals surface area contributed by atoms with E-state index < -0.39 is 23.7 Å². The molecule has 0 spiro atoms. The van der Waals surface area contributed by atoms with E-state index in [1.807, 2.05) is 0 Å². The van der Waals surface area contributed by atoms with E-state index in [0.717, 1.165) is 0 Å². The van der Waals surface area contributed by atoms with Crippen LogP contribution >= 0.6 is 0 Å². The maximum atomic E-state index is 13.8. The fourth-order valence-electron chi connectivity index (χ4n) is 2.38. The standard InChI is InChI=1S/C17H23FN2O4/c1-11(14-6-4-5-7-15(14)18)10-16(22)20(12(2)17(23)24)9-8-19-13(3)21/h4-7,11-12H,8-10H2,1-3H3,(H,19,21)(H,23,24). The molecule has 0 saturated heterocycles. The van der Waals surface area contributed by atoms with Gasteiger partial charge in [0.2, 0.25) is 11.8 Å². The smallest absolute Gasteiger partial charge is 0.326 e. The molecule has 0 aliphatic carbocycles. The lowest BCUT2D eigenvalue weighted by atomic mass is 9.96. The highest BCUT2D eigenvalue weighted by molar-refractivity contribution is 5.84. The minimum absolute atomic E-state index is 0.0153. The monoisotopic (exact) mass is 338 g/mol. The molecule has 2 unspecified atom stereocenters. The topological polar surface area (TPSA) is 86.7 Å². The molecule has 132 valence electrons. The second kappa shape index (κ2) is 9.00. The van der Waals surface area contributed by atoms with Gasteiger partial charge in [-0.1, -0.05) is 25.1 Å². The van der Waals surface area contributed by atoms with Crippen LogP contribution in [0.25, 0.3) is 0 Å². The van der Waals surface area contributed by atoms with Gasteiger partial charge in [0, 0.05) is 26.4 Å². The molecule has 0 radical (unpaired) electrons. The molecule has 0 aliphatic rings. The van der Waals surface area contributed by atoms with Crippen molar-refractivity contribution < 1.29 is 23.9 Å². The normalized spacial score (nSPS) is 13.0. The van der Waals surface area contributed by atoms with Gasteiger partial charge in [-0.25, -0.2) is 9.18 Å². The zero-order chi connectivity index (χ0) is 18.3. The Kier molecular flexibility index (Phi) is 7.35. The molecule has 1 aromatic carbocycles. The molecule has 0 aliphatic heterocycles. The van der Waals surface area contributed by atoms with E-state index in [4.69, 9.17) is 5.11 Å². The molecule has 0 bridgehead atoms. The van der Waals surface area contributed by atoms with Crippen molar-refractivity contribution in [2.24, 2.45) is 0 Å². The maximum Gasteiger partial charge on any atom is 0.326 e. The lowest BCUT2D eigenvalue weighted by Crippen LogP contribution is -2.47. The predicted octanol–water partition coefficient (Wildman–Crippen LogP) is 1.76. The summed E-state index contributed by atoms with van der Waals surface area (Å²) in [5.74, 6) is -2.57. The first kappa shape index (κ1) is 19.6. The Morgan fingerprint density at radius 3 is 2.42 bits per heavy atom. The lowest BCUT2D eigenvalue weighted by Gasteiger charge is -2.28. The van der Waals surface area contributed by atoms with E-state index in [1.54, 1.807) is 25.1 Å². The van der Waals surface area contributed by atoms with Gasteiger partial charge in [-0.3, -0.25) is 9.59 Å². The summed E-state index contributed by atoms with van der Waals surface area (Å²) < 4.78 is 13.8. The Bertz CT molecular complexity index is 606. The third kappa shape index (κ3) is 5.64. The second-order valence-electron chi connectivity index (χ2n) is 5.71. The van der Waals surface area contributed by atoms with Gasteiger partial charge in [-0.05, 0) is 24.5 Å². The number of hydrogen-bond acceptors (Lipinski definition) is 3. The van der Waals surface area contributed by atoms with Crippen LogP contribution in [-0.2, 0) is 14.4 Å². The second-order valence-corrected chi connectivity index (χ2v) is 5.71. The quantitative estimate of drug-likeness (QED) is 0.756. The number of carboxylic acids is 1. The van der Waals surface area contributed by atoms with Crippen molar-refractivity contribution in [2.75, 3.05) is 13.1 Å². The van der Waals surface area contributed by atoms with Crippen molar-refractivity contribution in [3.8, 4) is 0 Å². The number of amides is 2. The number of nitrogens with one attached hydrogen (secondary N) is 1. The minimum Gasteiger partial charge on any atom is -0.480 e. The zero-order valence-electron chi connectivity index (χ0n) is 14.1. The number of benzene rings is 1.